The second kappa shape index (κ2) is 5.89. The molecular weight excluding hydrogens is 330 g/mol. The first-order valence-corrected chi connectivity index (χ1v) is 8.23. The fourth-order valence-corrected chi connectivity index (χ4v) is 3.15. The number of rotatable bonds is 4. The minimum atomic E-state index is -0.365. The van der Waals surface area contributed by atoms with Crippen LogP contribution in [0.15, 0.2) is 27.2 Å². The molecule has 1 saturated carbocycles. The van der Waals surface area contributed by atoms with Gasteiger partial charge in [-0.15, -0.1) is 0 Å². The van der Waals surface area contributed by atoms with Gasteiger partial charge in [0.05, 0.1) is 5.54 Å². The molecule has 0 spiro atoms. The quantitative estimate of drug-likeness (QED) is 0.914. The molecule has 1 aromatic heterocycles. The maximum atomic E-state index is 6.35. The Morgan fingerprint density at radius 3 is 2.76 bits per heavy atom. The molecule has 1 aliphatic rings. The van der Waals surface area contributed by atoms with Crippen LogP contribution >= 0.6 is 15.9 Å². The molecule has 112 valence electrons. The monoisotopic (exact) mass is 349 g/mol. The molecule has 0 radical (unpaired) electrons. The van der Waals surface area contributed by atoms with Crippen molar-refractivity contribution in [2.24, 2.45) is 5.73 Å². The van der Waals surface area contributed by atoms with Gasteiger partial charge in [-0.2, -0.15) is 4.98 Å². The summed E-state index contributed by atoms with van der Waals surface area (Å²) in [4.78, 5) is 4.51. The highest BCUT2D eigenvalue weighted by Gasteiger charge is 2.35. The van der Waals surface area contributed by atoms with Crippen molar-refractivity contribution in [2.45, 2.75) is 51.0 Å². The van der Waals surface area contributed by atoms with Crippen molar-refractivity contribution in [3.8, 4) is 0 Å². The zero-order chi connectivity index (χ0) is 14.9. The highest BCUT2D eigenvalue weighted by atomic mass is 79.9. The Labute approximate surface area is 133 Å². The summed E-state index contributed by atoms with van der Waals surface area (Å²) < 4.78 is 6.50. The van der Waals surface area contributed by atoms with Crippen LogP contribution in [0.1, 0.15) is 48.5 Å². The van der Waals surface area contributed by atoms with Crippen LogP contribution in [-0.4, -0.2) is 10.1 Å². The highest BCUT2D eigenvalue weighted by Crippen LogP contribution is 2.34. The average Bonchev–Trinajstić information content (AvgIpc) is 3.10. The molecule has 2 N–H and O–H groups in total. The Morgan fingerprint density at radius 2 is 2.05 bits per heavy atom. The standard InChI is InChI=1S/C16H20BrN3O/c1-11-10-12(4-6-13(11)17)5-7-14-19-15(20-21-14)16(18)8-2-3-9-16/h4,6,10H,2-3,5,7-9,18H2,1H3. The van der Waals surface area contributed by atoms with Crippen molar-refractivity contribution >= 4 is 15.9 Å². The molecule has 1 heterocycles. The molecule has 0 aliphatic heterocycles. The minimum absolute atomic E-state index is 0.365. The first-order chi connectivity index (χ1) is 10.1. The molecule has 2 aromatic rings. The molecule has 1 fully saturated rings. The van der Waals surface area contributed by atoms with Crippen LogP contribution < -0.4 is 5.73 Å². The average molecular weight is 350 g/mol. The SMILES string of the molecule is Cc1cc(CCc2nc(C3(N)CCCC3)no2)ccc1Br. The van der Waals surface area contributed by atoms with Crippen molar-refractivity contribution in [1.29, 1.82) is 0 Å². The summed E-state index contributed by atoms with van der Waals surface area (Å²) in [6, 6.07) is 6.38. The van der Waals surface area contributed by atoms with Gasteiger partial charge in [0.15, 0.2) is 5.82 Å². The summed E-state index contributed by atoms with van der Waals surface area (Å²) in [5.41, 5.74) is 8.50. The lowest BCUT2D eigenvalue weighted by Crippen LogP contribution is -2.34. The molecule has 0 bridgehead atoms. The van der Waals surface area contributed by atoms with Crippen LogP contribution in [-0.2, 0) is 18.4 Å². The summed E-state index contributed by atoms with van der Waals surface area (Å²) in [6.45, 7) is 2.09. The molecule has 4 nitrogen and oxygen atoms in total. The van der Waals surface area contributed by atoms with Crippen molar-refractivity contribution in [3.63, 3.8) is 0 Å². The number of aromatic nitrogens is 2. The predicted octanol–water partition coefficient (Wildman–Crippen LogP) is 3.65. The van der Waals surface area contributed by atoms with Crippen LogP contribution in [0.2, 0.25) is 0 Å². The number of nitrogens with zero attached hydrogens (tertiary/aromatic N) is 2. The maximum absolute atomic E-state index is 6.35. The van der Waals surface area contributed by atoms with Crippen LogP contribution in [0.5, 0.6) is 0 Å². The zero-order valence-corrected chi connectivity index (χ0v) is 13.8. The van der Waals surface area contributed by atoms with Gasteiger partial charge in [-0.1, -0.05) is 46.1 Å². The minimum Gasteiger partial charge on any atom is -0.339 e. The lowest BCUT2D eigenvalue weighted by Gasteiger charge is -2.17. The van der Waals surface area contributed by atoms with Gasteiger partial charge in [0.25, 0.3) is 0 Å². The van der Waals surface area contributed by atoms with E-state index in [2.05, 4.69) is 51.2 Å². The maximum Gasteiger partial charge on any atom is 0.227 e. The van der Waals surface area contributed by atoms with Gasteiger partial charge in [0, 0.05) is 10.9 Å². The van der Waals surface area contributed by atoms with E-state index in [-0.39, 0.29) is 5.54 Å². The Kier molecular flexibility index (Phi) is 4.13. The predicted molar refractivity (Wildman–Crippen MR) is 84.9 cm³/mol. The van der Waals surface area contributed by atoms with Gasteiger partial charge in [0.2, 0.25) is 5.89 Å². The van der Waals surface area contributed by atoms with E-state index in [1.165, 1.54) is 11.1 Å². The molecule has 1 aromatic carbocycles. The third-order valence-corrected chi connectivity index (χ3v) is 5.15. The fourth-order valence-electron chi connectivity index (χ4n) is 2.90. The van der Waals surface area contributed by atoms with Gasteiger partial charge in [0.1, 0.15) is 0 Å². The normalized spacial score (nSPS) is 17.3. The molecule has 0 atom stereocenters. The fraction of sp³-hybridized carbons (Fsp3) is 0.500. The summed E-state index contributed by atoms with van der Waals surface area (Å²) in [5.74, 6) is 1.37. The zero-order valence-electron chi connectivity index (χ0n) is 12.2. The molecule has 3 rings (SSSR count). The molecule has 1 aliphatic carbocycles. The van der Waals surface area contributed by atoms with Crippen LogP contribution in [0.25, 0.3) is 0 Å². The van der Waals surface area contributed by atoms with E-state index in [9.17, 15) is 0 Å². The summed E-state index contributed by atoms with van der Waals surface area (Å²) in [6.07, 6.45) is 5.87. The van der Waals surface area contributed by atoms with Crippen LogP contribution in [0, 0.1) is 6.92 Å². The third kappa shape index (κ3) is 3.19. The van der Waals surface area contributed by atoms with E-state index in [1.54, 1.807) is 0 Å². The number of halogens is 1. The van der Waals surface area contributed by atoms with E-state index >= 15 is 0 Å². The lowest BCUT2D eigenvalue weighted by atomic mass is 9.99. The summed E-state index contributed by atoms with van der Waals surface area (Å²) in [5, 5.41) is 4.10. The molecule has 0 saturated heterocycles. The highest BCUT2D eigenvalue weighted by molar-refractivity contribution is 9.10. The van der Waals surface area contributed by atoms with E-state index in [4.69, 9.17) is 10.3 Å². The van der Waals surface area contributed by atoms with Crippen LogP contribution in [0.4, 0.5) is 0 Å². The number of nitrogens with two attached hydrogens (primary N) is 1. The molecule has 5 heteroatoms. The number of hydrogen-bond donors (Lipinski definition) is 1. The van der Waals surface area contributed by atoms with Gasteiger partial charge in [-0.25, -0.2) is 0 Å². The largest absolute Gasteiger partial charge is 0.339 e. The molecule has 0 unspecified atom stereocenters. The first-order valence-electron chi connectivity index (χ1n) is 7.44. The summed E-state index contributed by atoms with van der Waals surface area (Å²) in [7, 11) is 0. The molecular formula is C16H20BrN3O. The van der Waals surface area contributed by atoms with Gasteiger partial charge in [-0.05, 0) is 43.4 Å². The third-order valence-electron chi connectivity index (χ3n) is 4.26. The van der Waals surface area contributed by atoms with E-state index < -0.39 is 0 Å². The number of aryl methyl sites for hydroxylation is 3. The molecule has 0 amide bonds. The number of hydrogen-bond acceptors (Lipinski definition) is 4. The van der Waals surface area contributed by atoms with Gasteiger partial charge >= 0.3 is 0 Å². The van der Waals surface area contributed by atoms with E-state index in [0.29, 0.717) is 11.7 Å². The van der Waals surface area contributed by atoms with Gasteiger partial charge in [-0.3, -0.25) is 0 Å². The van der Waals surface area contributed by atoms with Crippen molar-refractivity contribution in [3.05, 3.63) is 45.5 Å². The Hall–Kier alpha value is -1.20. The second-order valence-electron chi connectivity index (χ2n) is 5.96. The van der Waals surface area contributed by atoms with Crippen molar-refractivity contribution in [1.82, 2.24) is 10.1 Å². The molecule has 21 heavy (non-hydrogen) atoms. The lowest BCUT2D eigenvalue weighted by molar-refractivity contribution is 0.348. The first kappa shape index (κ1) is 14.7. The Balaban J connectivity index is 1.66. The smallest absolute Gasteiger partial charge is 0.227 e. The van der Waals surface area contributed by atoms with Gasteiger partial charge < -0.3 is 10.3 Å². The Morgan fingerprint density at radius 1 is 1.29 bits per heavy atom. The topological polar surface area (TPSA) is 64.9 Å². The Bertz CT molecular complexity index is 632. The summed E-state index contributed by atoms with van der Waals surface area (Å²) >= 11 is 3.52. The van der Waals surface area contributed by atoms with Crippen molar-refractivity contribution < 1.29 is 4.52 Å². The van der Waals surface area contributed by atoms with E-state index in [1.807, 2.05) is 0 Å². The van der Waals surface area contributed by atoms with Crippen molar-refractivity contribution in [2.75, 3.05) is 0 Å². The van der Waals surface area contributed by atoms with Crippen LogP contribution in [0.3, 0.4) is 0 Å². The number of benzene rings is 1. The van der Waals surface area contributed by atoms with E-state index in [0.717, 1.165) is 43.0 Å². The second-order valence-corrected chi connectivity index (χ2v) is 6.81.